The van der Waals surface area contributed by atoms with Crippen LogP contribution in [0, 0.1) is 0 Å². The summed E-state index contributed by atoms with van der Waals surface area (Å²) in [5, 5.41) is 15.2. The van der Waals surface area contributed by atoms with Gasteiger partial charge in [-0.15, -0.1) is 0 Å². The Hall–Kier alpha value is -5.66. The van der Waals surface area contributed by atoms with Gasteiger partial charge in [0.05, 0.1) is 0 Å². The summed E-state index contributed by atoms with van der Waals surface area (Å²) in [7, 11) is 0. The summed E-state index contributed by atoms with van der Waals surface area (Å²) >= 11 is 0. The third-order valence-corrected chi connectivity index (χ3v) is 8.96. The van der Waals surface area contributed by atoms with Gasteiger partial charge >= 0.3 is 0 Å². The minimum Gasteiger partial charge on any atom is -0.310 e. The van der Waals surface area contributed by atoms with Crippen molar-refractivity contribution in [2.75, 3.05) is 4.90 Å². The van der Waals surface area contributed by atoms with E-state index >= 15 is 0 Å². The van der Waals surface area contributed by atoms with Gasteiger partial charge in [0.15, 0.2) is 0 Å². The van der Waals surface area contributed by atoms with Gasteiger partial charge in [-0.25, -0.2) is 0 Å². The summed E-state index contributed by atoms with van der Waals surface area (Å²) in [6.07, 6.45) is 0. The van der Waals surface area contributed by atoms with Crippen LogP contribution >= 0.6 is 0 Å². The van der Waals surface area contributed by atoms with Gasteiger partial charge in [-0.05, 0) is 101 Å². The van der Waals surface area contributed by atoms with Crippen molar-refractivity contribution in [2.45, 2.75) is 0 Å². The lowest BCUT2D eigenvalue weighted by molar-refractivity contribution is 1.30. The Morgan fingerprint density at radius 1 is 0.233 bits per heavy atom. The predicted molar refractivity (Wildman–Crippen MR) is 186 cm³/mol. The molecule has 0 aromatic heterocycles. The molecule has 0 heterocycles. The summed E-state index contributed by atoms with van der Waals surface area (Å²) < 4.78 is 0. The van der Waals surface area contributed by atoms with E-state index in [4.69, 9.17) is 0 Å². The van der Waals surface area contributed by atoms with Gasteiger partial charge in [-0.3, -0.25) is 0 Å². The molecule has 200 valence electrons. The summed E-state index contributed by atoms with van der Waals surface area (Å²) in [5.41, 5.74) is 3.43. The second-order valence-corrected chi connectivity index (χ2v) is 11.4. The van der Waals surface area contributed by atoms with E-state index in [0.717, 1.165) is 17.1 Å². The van der Waals surface area contributed by atoms with Gasteiger partial charge in [0.25, 0.3) is 0 Å². The molecule has 0 aliphatic rings. The van der Waals surface area contributed by atoms with E-state index in [-0.39, 0.29) is 0 Å². The molecule has 1 heteroatoms. The Balaban J connectivity index is 1.28. The van der Waals surface area contributed by atoms with Crippen LogP contribution in [-0.2, 0) is 0 Å². The fraction of sp³-hybridized carbons (Fsp3) is 0. The van der Waals surface area contributed by atoms with E-state index in [1.807, 2.05) is 0 Å². The zero-order valence-corrected chi connectivity index (χ0v) is 23.5. The van der Waals surface area contributed by atoms with Gasteiger partial charge in [0, 0.05) is 17.1 Å². The van der Waals surface area contributed by atoms with Crippen LogP contribution in [0.15, 0.2) is 164 Å². The molecule has 0 unspecified atom stereocenters. The number of benzene rings is 9. The van der Waals surface area contributed by atoms with Crippen LogP contribution in [0.1, 0.15) is 0 Å². The third kappa shape index (κ3) is 3.86. The molecule has 0 bridgehead atoms. The Morgan fingerprint density at radius 3 is 0.860 bits per heavy atom. The first kappa shape index (κ1) is 24.0. The van der Waals surface area contributed by atoms with Gasteiger partial charge in [0.1, 0.15) is 0 Å². The minimum atomic E-state index is 1.14. The average molecular weight is 546 g/mol. The summed E-state index contributed by atoms with van der Waals surface area (Å²) in [5.74, 6) is 0. The van der Waals surface area contributed by atoms with Gasteiger partial charge in [-0.1, -0.05) is 127 Å². The highest BCUT2D eigenvalue weighted by Crippen LogP contribution is 2.41. The van der Waals surface area contributed by atoms with E-state index in [1.54, 1.807) is 0 Å². The average Bonchev–Trinajstić information content (AvgIpc) is 3.08. The molecule has 1 nitrogen and oxygen atoms in total. The van der Waals surface area contributed by atoms with Gasteiger partial charge in [0.2, 0.25) is 0 Å². The summed E-state index contributed by atoms with van der Waals surface area (Å²) in [4.78, 5) is 2.40. The minimum absolute atomic E-state index is 1.14. The molecule has 43 heavy (non-hydrogen) atoms. The van der Waals surface area contributed by atoms with Crippen molar-refractivity contribution in [3.8, 4) is 0 Å². The Morgan fingerprint density at radius 2 is 0.512 bits per heavy atom. The first-order valence-corrected chi connectivity index (χ1v) is 14.8. The zero-order valence-electron chi connectivity index (χ0n) is 23.5. The molecular weight excluding hydrogens is 518 g/mol. The molecule has 0 saturated heterocycles. The van der Waals surface area contributed by atoms with Gasteiger partial charge in [-0.2, -0.15) is 0 Å². The summed E-state index contributed by atoms with van der Waals surface area (Å²) in [6.45, 7) is 0. The second-order valence-electron chi connectivity index (χ2n) is 11.4. The zero-order chi connectivity index (χ0) is 28.3. The lowest BCUT2D eigenvalue weighted by atomic mass is 9.99. The third-order valence-electron chi connectivity index (χ3n) is 8.96. The van der Waals surface area contributed by atoms with Crippen molar-refractivity contribution in [3.05, 3.63) is 164 Å². The normalized spacial score (nSPS) is 11.7. The molecule has 9 aromatic carbocycles. The maximum atomic E-state index is 2.40. The molecule has 0 radical (unpaired) electrons. The Labute approximate surface area is 249 Å². The molecule has 0 spiro atoms. The highest BCUT2D eigenvalue weighted by molar-refractivity contribution is 6.11. The van der Waals surface area contributed by atoms with E-state index in [9.17, 15) is 0 Å². The molecule has 0 aliphatic carbocycles. The standard InChI is InChI=1S/C42H27N/c1-4-10-37-28(7-1)13-16-31-25-34(19-22-40(31)37)43(35-20-23-41-32(26-35)17-14-29-8-2-5-11-38(29)41)36-21-24-42-33(27-36)18-15-30-9-3-6-12-39(30)42/h1-27H. The molecule has 0 N–H and O–H groups in total. The monoisotopic (exact) mass is 545 g/mol. The smallest absolute Gasteiger partial charge is 0.0468 e. The van der Waals surface area contributed by atoms with Crippen molar-refractivity contribution in [1.82, 2.24) is 0 Å². The molecule has 0 aliphatic heterocycles. The molecule has 0 atom stereocenters. The van der Waals surface area contributed by atoms with Crippen LogP contribution < -0.4 is 4.90 Å². The number of anilines is 3. The van der Waals surface area contributed by atoms with Crippen LogP contribution in [0.2, 0.25) is 0 Å². The van der Waals surface area contributed by atoms with Crippen LogP contribution in [0.4, 0.5) is 17.1 Å². The van der Waals surface area contributed by atoms with Crippen LogP contribution in [0.5, 0.6) is 0 Å². The SMILES string of the molecule is c1ccc2c(c1)ccc1cc(N(c3ccc4c(ccc5ccccc54)c3)c3ccc4c(ccc5ccccc54)c3)ccc12. The quantitative estimate of drug-likeness (QED) is 0.200. The molecule has 0 amide bonds. The summed E-state index contributed by atoms with van der Waals surface area (Å²) in [6, 6.07) is 60.0. The van der Waals surface area contributed by atoms with E-state index in [2.05, 4.69) is 169 Å². The van der Waals surface area contributed by atoms with E-state index in [1.165, 1.54) is 64.6 Å². The lowest BCUT2D eigenvalue weighted by Crippen LogP contribution is -2.10. The Bertz CT molecular complexity index is 2240. The van der Waals surface area contributed by atoms with Gasteiger partial charge < -0.3 is 4.90 Å². The molecule has 9 rings (SSSR count). The van der Waals surface area contributed by atoms with E-state index < -0.39 is 0 Å². The van der Waals surface area contributed by atoms with E-state index in [0.29, 0.717) is 0 Å². The lowest BCUT2D eigenvalue weighted by Gasteiger charge is -2.27. The van der Waals surface area contributed by atoms with Crippen molar-refractivity contribution < 1.29 is 0 Å². The fourth-order valence-electron chi connectivity index (χ4n) is 6.87. The maximum absolute atomic E-state index is 2.40. The molecular formula is C42H27N. The maximum Gasteiger partial charge on any atom is 0.0468 e. The largest absolute Gasteiger partial charge is 0.310 e. The van der Waals surface area contributed by atoms with Crippen molar-refractivity contribution in [2.24, 2.45) is 0 Å². The highest BCUT2D eigenvalue weighted by Gasteiger charge is 2.16. The second kappa shape index (κ2) is 9.44. The first-order chi connectivity index (χ1) is 21.3. The number of hydrogen-bond donors (Lipinski definition) is 0. The number of fused-ring (bicyclic) bond motifs is 9. The first-order valence-electron chi connectivity index (χ1n) is 14.8. The highest BCUT2D eigenvalue weighted by atomic mass is 15.1. The van der Waals surface area contributed by atoms with Crippen LogP contribution in [0.25, 0.3) is 64.6 Å². The Kier molecular flexibility index (Phi) is 5.27. The van der Waals surface area contributed by atoms with Crippen LogP contribution in [-0.4, -0.2) is 0 Å². The number of hydrogen-bond acceptors (Lipinski definition) is 1. The molecule has 0 fully saturated rings. The van der Waals surface area contributed by atoms with Crippen LogP contribution in [0.3, 0.4) is 0 Å². The fourth-order valence-corrected chi connectivity index (χ4v) is 6.87. The topological polar surface area (TPSA) is 3.24 Å². The van der Waals surface area contributed by atoms with Crippen molar-refractivity contribution >= 4 is 81.7 Å². The molecule has 9 aromatic rings. The number of nitrogens with zero attached hydrogens (tertiary/aromatic N) is 1. The number of rotatable bonds is 3. The molecule has 0 saturated carbocycles. The van der Waals surface area contributed by atoms with Crippen molar-refractivity contribution in [3.63, 3.8) is 0 Å². The van der Waals surface area contributed by atoms with Crippen molar-refractivity contribution in [1.29, 1.82) is 0 Å². The predicted octanol–water partition coefficient (Wildman–Crippen LogP) is 12.1.